The van der Waals surface area contributed by atoms with Crippen LogP contribution in [0.3, 0.4) is 0 Å². The molecule has 1 aromatic carbocycles. The van der Waals surface area contributed by atoms with Crippen molar-refractivity contribution in [3.05, 3.63) is 24.4 Å². The van der Waals surface area contributed by atoms with E-state index in [1.807, 2.05) is 29.9 Å². The highest BCUT2D eigenvalue weighted by molar-refractivity contribution is 8.14. The normalized spacial score (nSPS) is 11.9. The first-order valence-electron chi connectivity index (χ1n) is 6.17. The van der Waals surface area contributed by atoms with E-state index >= 15 is 0 Å². The second-order valence-corrected chi connectivity index (χ2v) is 7.72. The lowest BCUT2D eigenvalue weighted by Gasteiger charge is -2.07. The highest BCUT2D eigenvalue weighted by Crippen LogP contribution is 2.35. The molecule has 7 heteroatoms. The summed E-state index contributed by atoms with van der Waals surface area (Å²) in [6, 6.07) is 5.49. The maximum atomic E-state index is 11.8. The lowest BCUT2D eigenvalue weighted by atomic mass is 10.2. The highest BCUT2D eigenvalue weighted by atomic mass is 35.7. The first kappa shape index (κ1) is 15.5. The van der Waals surface area contributed by atoms with Gasteiger partial charge in [-0.15, -0.1) is 0 Å². The van der Waals surface area contributed by atoms with Crippen molar-refractivity contribution in [3.63, 3.8) is 0 Å². The van der Waals surface area contributed by atoms with Crippen molar-refractivity contribution in [2.75, 3.05) is 18.6 Å². The number of nitrogens with zero attached hydrogens (tertiary/aromatic N) is 1. The smallest absolute Gasteiger partial charge is 0.263 e. The molecule has 20 heavy (non-hydrogen) atoms. The number of hydrogen-bond donors (Lipinski definition) is 0. The highest BCUT2D eigenvalue weighted by Gasteiger charge is 2.21. The van der Waals surface area contributed by atoms with E-state index < -0.39 is 9.05 Å². The molecule has 4 nitrogen and oxygen atoms in total. The van der Waals surface area contributed by atoms with E-state index in [0.29, 0.717) is 17.7 Å². The van der Waals surface area contributed by atoms with Crippen molar-refractivity contribution in [3.8, 4) is 5.75 Å². The summed E-state index contributed by atoms with van der Waals surface area (Å²) in [5, 5.41) is 0.561. The summed E-state index contributed by atoms with van der Waals surface area (Å²) in [7, 11) is 1.75. The van der Waals surface area contributed by atoms with Gasteiger partial charge in [0.05, 0.1) is 17.5 Å². The van der Waals surface area contributed by atoms with Gasteiger partial charge in [0.25, 0.3) is 9.05 Å². The van der Waals surface area contributed by atoms with E-state index in [0.717, 1.165) is 17.8 Å². The Hall–Kier alpha value is -0.850. The molecule has 0 aliphatic carbocycles. The van der Waals surface area contributed by atoms with Crippen molar-refractivity contribution >= 4 is 42.4 Å². The fourth-order valence-corrected chi connectivity index (χ4v) is 3.55. The summed E-state index contributed by atoms with van der Waals surface area (Å²) in [5.74, 6) is 1.44. The van der Waals surface area contributed by atoms with E-state index in [4.69, 9.17) is 15.4 Å². The lowest BCUT2D eigenvalue weighted by Crippen LogP contribution is -1.98. The SMILES string of the molecule is CCOc1cccc2c1c(S(=O)(=O)Cl)cn2CCSC. The lowest BCUT2D eigenvalue weighted by molar-refractivity contribution is 0.344. The molecule has 110 valence electrons. The Kier molecular flexibility index (Phi) is 4.88. The summed E-state index contributed by atoms with van der Waals surface area (Å²) >= 11 is 1.70. The molecule has 1 heterocycles. The Morgan fingerprint density at radius 2 is 2.15 bits per heavy atom. The molecule has 0 amide bonds. The van der Waals surface area contributed by atoms with Gasteiger partial charge in [-0.05, 0) is 25.3 Å². The summed E-state index contributed by atoms with van der Waals surface area (Å²) in [6.07, 6.45) is 3.60. The van der Waals surface area contributed by atoms with Crippen molar-refractivity contribution < 1.29 is 13.2 Å². The summed E-state index contributed by atoms with van der Waals surface area (Å²) in [5.41, 5.74) is 0.823. The average Bonchev–Trinajstić information content (AvgIpc) is 2.76. The van der Waals surface area contributed by atoms with Crippen LogP contribution in [0.1, 0.15) is 6.92 Å². The molecule has 0 atom stereocenters. The summed E-state index contributed by atoms with van der Waals surface area (Å²) < 4.78 is 31.0. The molecule has 1 aromatic heterocycles. The number of thioether (sulfide) groups is 1. The van der Waals surface area contributed by atoms with Crippen molar-refractivity contribution in [1.82, 2.24) is 4.57 Å². The molecule has 2 rings (SSSR count). The number of halogens is 1. The Bertz CT molecular complexity index is 710. The van der Waals surface area contributed by atoms with E-state index in [2.05, 4.69) is 0 Å². The standard InChI is InChI=1S/C13H16ClNO3S2/c1-3-18-11-6-4-5-10-13(11)12(20(14,16)17)9-15(10)7-8-19-2/h4-6,9H,3,7-8H2,1-2H3. The van der Waals surface area contributed by atoms with Crippen molar-refractivity contribution in [2.45, 2.75) is 18.4 Å². The molecule has 0 aliphatic heterocycles. The van der Waals surface area contributed by atoms with E-state index in [9.17, 15) is 8.42 Å². The van der Waals surface area contributed by atoms with Crippen LogP contribution >= 0.6 is 22.4 Å². The molecule has 0 fully saturated rings. The van der Waals surface area contributed by atoms with E-state index in [-0.39, 0.29) is 4.90 Å². The van der Waals surface area contributed by atoms with Crippen LogP contribution in [-0.4, -0.2) is 31.6 Å². The average molecular weight is 334 g/mol. The van der Waals surface area contributed by atoms with Gasteiger partial charge in [-0.1, -0.05) is 6.07 Å². The maximum Gasteiger partial charge on any atom is 0.263 e. The van der Waals surface area contributed by atoms with Gasteiger partial charge in [0.2, 0.25) is 0 Å². The Labute approximate surface area is 127 Å². The maximum absolute atomic E-state index is 11.8. The van der Waals surface area contributed by atoms with Crippen LogP contribution in [0, 0.1) is 0 Å². The van der Waals surface area contributed by atoms with Gasteiger partial charge in [-0.2, -0.15) is 11.8 Å². The Balaban J connectivity index is 2.70. The van der Waals surface area contributed by atoms with Gasteiger partial charge in [0, 0.05) is 29.2 Å². The molecule has 0 radical (unpaired) electrons. The largest absolute Gasteiger partial charge is 0.493 e. The molecular weight excluding hydrogens is 318 g/mol. The number of benzene rings is 1. The van der Waals surface area contributed by atoms with Crippen LogP contribution in [0.4, 0.5) is 0 Å². The fourth-order valence-electron chi connectivity index (χ4n) is 2.12. The first-order valence-corrected chi connectivity index (χ1v) is 9.87. The molecule has 0 spiro atoms. The summed E-state index contributed by atoms with van der Waals surface area (Å²) in [6.45, 7) is 3.05. The third-order valence-electron chi connectivity index (χ3n) is 2.93. The van der Waals surface area contributed by atoms with Gasteiger partial charge >= 0.3 is 0 Å². The quantitative estimate of drug-likeness (QED) is 0.761. The molecule has 0 saturated heterocycles. The second kappa shape index (κ2) is 6.28. The fraction of sp³-hybridized carbons (Fsp3) is 0.385. The molecule has 0 bridgehead atoms. The van der Waals surface area contributed by atoms with Crippen molar-refractivity contribution in [2.24, 2.45) is 0 Å². The van der Waals surface area contributed by atoms with Crippen molar-refractivity contribution in [1.29, 1.82) is 0 Å². The number of rotatable bonds is 6. The van der Waals surface area contributed by atoms with E-state index in [1.165, 1.54) is 0 Å². The molecule has 0 N–H and O–H groups in total. The minimum absolute atomic E-state index is 0.110. The minimum Gasteiger partial charge on any atom is -0.493 e. The molecule has 0 unspecified atom stereocenters. The zero-order chi connectivity index (χ0) is 14.8. The first-order chi connectivity index (χ1) is 9.49. The number of aromatic nitrogens is 1. The molecule has 2 aromatic rings. The predicted molar refractivity (Wildman–Crippen MR) is 84.5 cm³/mol. The number of ether oxygens (including phenoxy) is 1. The second-order valence-electron chi connectivity index (χ2n) is 4.20. The predicted octanol–water partition coefficient (Wildman–Crippen LogP) is 3.33. The Morgan fingerprint density at radius 3 is 2.75 bits per heavy atom. The molecule has 0 aliphatic rings. The van der Waals surface area contributed by atoms with Crippen LogP contribution in [0.2, 0.25) is 0 Å². The Morgan fingerprint density at radius 1 is 1.40 bits per heavy atom. The van der Waals surface area contributed by atoms with Gasteiger partial charge < -0.3 is 9.30 Å². The number of hydrogen-bond acceptors (Lipinski definition) is 4. The van der Waals surface area contributed by atoms with E-state index in [1.54, 1.807) is 24.0 Å². The zero-order valence-corrected chi connectivity index (χ0v) is 13.7. The third-order valence-corrected chi connectivity index (χ3v) is 4.86. The number of aryl methyl sites for hydroxylation is 1. The monoisotopic (exact) mass is 333 g/mol. The van der Waals surface area contributed by atoms with Crippen LogP contribution in [0.15, 0.2) is 29.3 Å². The zero-order valence-electron chi connectivity index (χ0n) is 11.3. The van der Waals surface area contributed by atoms with Crippen LogP contribution in [-0.2, 0) is 15.6 Å². The summed E-state index contributed by atoms with van der Waals surface area (Å²) in [4.78, 5) is 0.110. The van der Waals surface area contributed by atoms with Gasteiger partial charge in [0.1, 0.15) is 10.6 Å². The minimum atomic E-state index is -3.81. The van der Waals surface area contributed by atoms with Crippen LogP contribution in [0.25, 0.3) is 10.9 Å². The third kappa shape index (κ3) is 3.07. The van der Waals surface area contributed by atoms with Gasteiger partial charge in [-0.3, -0.25) is 0 Å². The molecule has 0 saturated carbocycles. The molecular formula is C13H16ClNO3S2. The van der Waals surface area contributed by atoms with Crippen LogP contribution < -0.4 is 4.74 Å². The van der Waals surface area contributed by atoms with Crippen LogP contribution in [0.5, 0.6) is 5.75 Å². The van der Waals surface area contributed by atoms with Gasteiger partial charge in [0.15, 0.2) is 0 Å². The number of fused-ring (bicyclic) bond motifs is 1. The topological polar surface area (TPSA) is 48.3 Å². The van der Waals surface area contributed by atoms with Gasteiger partial charge in [-0.25, -0.2) is 8.42 Å².